The molecule has 0 fully saturated rings. The molecule has 0 spiro atoms. The maximum Gasteiger partial charge on any atom is 0.200 e. The number of nitrogens with zero attached hydrogens (tertiary/aromatic N) is 3. The van der Waals surface area contributed by atoms with Crippen LogP contribution in [0.25, 0.3) is 28.0 Å². The molecule has 0 aliphatic heterocycles. The Morgan fingerprint density at radius 1 is 1.04 bits per heavy atom. The molecule has 0 aliphatic rings. The van der Waals surface area contributed by atoms with Gasteiger partial charge in [-0.15, -0.1) is 0 Å². The van der Waals surface area contributed by atoms with E-state index in [-0.39, 0.29) is 5.82 Å². The summed E-state index contributed by atoms with van der Waals surface area (Å²) in [4.78, 5) is 4.36. The van der Waals surface area contributed by atoms with Crippen molar-refractivity contribution in [2.24, 2.45) is 0 Å². The highest BCUT2D eigenvalue weighted by Crippen LogP contribution is 2.26. The molecule has 0 saturated carbocycles. The van der Waals surface area contributed by atoms with Gasteiger partial charge in [-0.1, -0.05) is 18.2 Å². The van der Waals surface area contributed by atoms with Gasteiger partial charge >= 0.3 is 0 Å². The zero-order valence-electron chi connectivity index (χ0n) is 11.9. The Bertz CT molecular complexity index is 1060. The van der Waals surface area contributed by atoms with Gasteiger partial charge in [0.1, 0.15) is 5.82 Å². The maximum atomic E-state index is 13.6. The molecule has 4 aromatic rings. The first-order valence-electron chi connectivity index (χ1n) is 7.01. The summed E-state index contributed by atoms with van der Waals surface area (Å²) in [7, 11) is 0. The van der Waals surface area contributed by atoms with Crippen molar-refractivity contribution in [3.63, 3.8) is 0 Å². The molecule has 0 unspecified atom stereocenters. The Labute approximate surface area is 136 Å². The van der Waals surface area contributed by atoms with Gasteiger partial charge in [0.25, 0.3) is 0 Å². The van der Waals surface area contributed by atoms with E-state index in [1.807, 2.05) is 30.3 Å². The maximum absolute atomic E-state index is 13.6. The van der Waals surface area contributed by atoms with E-state index < -0.39 is 0 Å². The molecule has 2 heterocycles. The predicted octanol–water partition coefficient (Wildman–Crippen LogP) is 4.28. The average Bonchev–Trinajstić information content (AvgIpc) is 2.96. The number of halogens is 1. The molecule has 23 heavy (non-hydrogen) atoms. The number of hydrogen-bond acceptors (Lipinski definition) is 3. The van der Waals surface area contributed by atoms with E-state index in [2.05, 4.69) is 15.2 Å². The molecule has 2 aromatic heterocycles. The van der Waals surface area contributed by atoms with Crippen LogP contribution in [0, 0.1) is 10.6 Å². The van der Waals surface area contributed by atoms with Crippen molar-refractivity contribution in [2.75, 3.05) is 0 Å². The van der Waals surface area contributed by atoms with Gasteiger partial charge in [0.2, 0.25) is 0 Å². The van der Waals surface area contributed by atoms with Crippen molar-refractivity contribution >= 4 is 23.1 Å². The van der Waals surface area contributed by atoms with Crippen LogP contribution in [0.2, 0.25) is 0 Å². The smallest absolute Gasteiger partial charge is 0.200 e. The third-order valence-electron chi connectivity index (χ3n) is 3.62. The third kappa shape index (κ3) is 2.33. The summed E-state index contributed by atoms with van der Waals surface area (Å²) in [6, 6.07) is 15.9. The summed E-state index contributed by atoms with van der Waals surface area (Å²) >= 11 is 5.38. The van der Waals surface area contributed by atoms with Crippen LogP contribution in [0.5, 0.6) is 0 Å². The van der Waals surface area contributed by atoms with Crippen LogP contribution >= 0.6 is 12.2 Å². The minimum atomic E-state index is -0.317. The van der Waals surface area contributed by atoms with Crippen molar-refractivity contribution in [1.82, 2.24) is 19.7 Å². The Kier molecular flexibility index (Phi) is 3.24. The minimum absolute atomic E-state index is 0.317. The van der Waals surface area contributed by atoms with Crippen LogP contribution in [0.3, 0.4) is 0 Å². The van der Waals surface area contributed by atoms with Gasteiger partial charge in [-0.2, -0.15) is 5.10 Å². The van der Waals surface area contributed by atoms with Gasteiger partial charge in [-0.05, 0) is 48.6 Å². The van der Waals surface area contributed by atoms with Crippen LogP contribution in [-0.2, 0) is 0 Å². The number of rotatable bonds is 2. The molecule has 112 valence electrons. The topological polar surface area (TPSA) is 46.5 Å². The van der Waals surface area contributed by atoms with Crippen LogP contribution in [0.15, 0.2) is 60.8 Å². The van der Waals surface area contributed by atoms with Crippen LogP contribution in [0.4, 0.5) is 4.39 Å². The average molecular weight is 322 g/mol. The zero-order chi connectivity index (χ0) is 15.8. The second-order valence-electron chi connectivity index (χ2n) is 5.05. The van der Waals surface area contributed by atoms with E-state index >= 15 is 0 Å². The predicted molar refractivity (Wildman–Crippen MR) is 89.4 cm³/mol. The summed E-state index contributed by atoms with van der Waals surface area (Å²) in [5, 5.41) is 8.01. The largest absolute Gasteiger partial charge is 0.267 e. The molecule has 4 rings (SSSR count). The normalized spacial score (nSPS) is 11.0. The van der Waals surface area contributed by atoms with Crippen LogP contribution < -0.4 is 0 Å². The summed E-state index contributed by atoms with van der Waals surface area (Å²) < 4.78 is 15.8. The Morgan fingerprint density at radius 2 is 1.91 bits per heavy atom. The van der Waals surface area contributed by atoms with Gasteiger partial charge < -0.3 is 0 Å². The number of nitrogens with one attached hydrogen (secondary N) is 1. The Morgan fingerprint density at radius 3 is 2.78 bits per heavy atom. The number of H-pyrrole nitrogens is 1. The van der Waals surface area contributed by atoms with Gasteiger partial charge in [0.15, 0.2) is 10.6 Å². The monoisotopic (exact) mass is 322 g/mol. The molecule has 4 nitrogen and oxygen atoms in total. The lowest BCUT2D eigenvalue weighted by Crippen LogP contribution is -1.99. The molecule has 0 atom stereocenters. The number of pyridine rings is 1. The van der Waals surface area contributed by atoms with E-state index in [0.29, 0.717) is 16.2 Å². The Balaban J connectivity index is 2.03. The lowest BCUT2D eigenvalue weighted by atomic mass is 10.1. The SMILES string of the molecule is Fc1cccc(-c2n[nH]c(=S)n2-c2cccc3ncccc23)c1. The summed E-state index contributed by atoms with van der Waals surface area (Å²) in [5.41, 5.74) is 2.37. The standard InChI is InChI=1S/C17H11FN4S/c18-12-5-1-4-11(10-12)16-20-21-17(23)22(16)15-8-2-7-14-13(15)6-3-9-19-14/h1-10H,(H,21,23). The Hall–Kier alpha value is -2.86. The fourth-order valence-corrected chi connectivity index (χ4v) is 2.85. The number of hydrogen-bond donors (Lipinski definition) is 1. The molecule has 1 N–H and O–H groups in total. The molecular formula is C17H11FN4S. The lowest BCUT2D eigenvalue weighted by Gasteiger charge is -2.10. The van der Waals surface area contributed by atoms with Crippen LogP contribution in [0.1, 0.15) is 0 Å². The van der Waals surface area contributed by atoms with Crippen molar-refractivity contribution in [3.05, 3.63) is 71.4 Å². The minimum Gasteiger partial charge on any atom is -0.267 e. The number of aromatic amines is 1. The second kappa shape index (κ2) is 5.40. The molecule has 0 radical (unpaired) electrons. The van der Waals surface area contributed by atoms with Crippen LogP contribution in [-0.4, -0.2) is 19.7 Å². The third-order valence-corrected chi connectivity index (χ3v) is 3.89. The molecule has 0 saturated heterocycles. The fourth-order valence-electron chi connectivity index (χ4n) is 2.62. The van der Waals surface area contributed by atoms with Crippen molar-refractivity contribution in [3.8, 4) is 17.1 Å². The summed E-state index contributed by atoms with van der Waals surface area (Å²) in [6.45, 7) is 0. The van der Waals surface area contributed by atoms with Gasteiger partial charge in [-0.25, -0.2) is 4.39 Å². The summed E-state index contributed by atoms with van der Waals surface area (Å²) in [5.74, 6) is 0.244. The van der Waals surface area contributed by atoms with Crippen molar-refractivity contribution < 1.29 is 4.39 Å². The van der Waals surface area contributed by atoms with E-state index in [0.717, 1.165) is 16.6 Å². The molecular weight excluding hydrogens is 311 g/mol. The highest BCUT2D eigenvalue weighted by Gasteiger charge is 2.13. The molecule has 0 bridgehead atoms. The van der Waals surface area contributed by atoms with E-state index in [4.69, 9.17) is 12.2 Å². The number of fused-ring (bicyclic) bond motifs is 1. The number of aromatic nitrogens is 4. The fraction of sp³-hybridized carbons (Fsp3) is 0. The van der Waals surface area contributed by atoms with Crippen molar-refractivity contribution in [1.29, 1.82) is 0 Å². The van der Waals surface area contributed by atoms with Crippen molar-refractivity contribution in [2.45, 2.75) is 0 Å². The first kappa shape index (κ1) is 13.8. The second-order valence-corrected chi connectivity index (χ2v) is 5.43. The highest BCUT2D eigenvalue weighted by molar-refractivity contribution is 7.71. The first-order chi connectivity index (χ1) is 11.2. The van der Waals surface area contributed by atoms with Gasteiger partial charge in [0, 0.05) is 17.1 Å². The van der Waals surface area contributed by atoms with E-state index in [9.17, 15) is 4.39 Å². The molecule has 0 amide bonds. The lowest BCUT2D eigenvalue weighted by molar-refractivity contribution is 0.628. The zero-order valence-corrected chi connectivity index (χ0v) is 12.7. The highest BCUT2D eigenvalue weighted by atomic mass is 32.1. The quantitative estimate of drug-likeness (QED) is 0.560. The van der Waals surface area contributed by atoms with Gasteiger partial charge in [0.05, 0.1) is 11.2 Å². The first-order valence-corrected chi connectivity index (χ1v) is 7.42. The van der Waals surface area contributed by atoms with E-state index in [1.165, 1.54) is 12.1 Å². The van der Waals surface area contributed by atoms with E-state index in [1.54, 1.807) is 22.9 Å². The molecule has 2 aromatic carbocycles. The number of benzene rings is 2. The summed E-state index contributed by atoms with van der Waals surface area (Å²) in [6.07, 6.45) is 1.74. The molecule has 6 heteroatoms. The van der Waals surface area contributed by atoms with Gasteiger partial charge in [-0.3, -0.25) is 14.6 Å². The molecule has 0 aliphatic carbocycles.